The summed E-state index contributed by atoms with van der Waals surface area (Å²) in [6, 6.07) is 17.5. The summed E-state index contributed by atoms with van der Waals surface area (Å²) in [5, 5.41) is 17.0. The zero-order chi connectivity index (χ0) is 34.1. The third-order valence-corrected chi connectivity index (χ3v) is 9.56. The van der Waals surface area contributed by atoms with Crippen molar-refractivity contribution < 1.29 is 14.3 Å². The minimum absolute atomic E-state index is 0.105. The van der Waals surface area contributed by atoms with Crippen molar-refractivity contribution in [3.63, 3.8) is 0 Å². The molecule has 3 unspecified atom stereocenters. The van der Waals surface area contributed by atoms with Crippen LogP contribution in [0.4, 0.5) is 4.79 Å². The second-order valence-electron chi connectivity index (χ2n) is 13.0. The van der Waals surface area contributed by atoms with Crippen LogP contribution in [0.15, 0.2) is 60.9 Å². The maximum atomic E-state index is 13.5. The van der Waals surface area contributed by atoms with Crippen LogP contribution >= 0.6 is 0 Å². The second kappa shape index (κ2) is 13.5. The summed E-state index contributed by atoms with van der Waals surface area (Å²) in [6.45, 7) is 5.39. The van der Waals surface area contributed by atoms with E-state index in [1.165, 1.54) is 7.11 Å². The number of aromatic amines is 2. The van der Waals surface area contributed by atoms with Crippen LogP contribution in [-0.4, -0.2) is 68.1 Å². The fourth-order valence-electron chi connectivity index (χ4n) is 6.88. The second-order valence-corrected chi connectivity index (χ2v) is 13.0. The highest BCUT2D eigenvalue weighted by Gasteiger charge is 2.37. The van der Waals surface area contributed by atoms with Gasteiger partial charge in [-0.2, -0.15) is 5.26 Å². The Morgan fingerprint density at radius 1 is 0.959 bits per heavy atom. The van der Waals surface area contributed by atoms with Gasteiger partial charge in [-0.15, -0.1) is 0 Å². The Labute approximate surface area is 284 Å². The van der Waals surface area contributed by atoms with E-state index in [0.717, 1.165) is 77.0 Å². The highest BCUT2D eigenvalue weighted by atomic mass is 16.5. The van der Waals surface area contributed by atoms with E-state index in [0.29, 0.717) is 23.6 Å². The summed E-state index contributed by atoms with van der Waals surface area (Å²) in [5.74, 6) is 1.40. The number of rotatable bonds is 8. The normalized spacial score (nSPS) is 18.1. The van der Waals surface area contributed by atoms with E-state index in [2.05, 4.69) is 36.6 Å². The number of hydrogen-bond acceptors (Lipinski definition) is 8. The molecule has 4 N–H and O–H groups in total. The molecule has 3 aromatic heterocycles. The summed E-state index contributed by atoms with van der Waals surface area (Å²) >= 11 is 0. The standard InChI is InChI=1S/C37H39N9O3/c1-21(2)33(45-37(48)49-3)36(47)46-15-5-7-32(46)35-41-19-30(44-35)23-10-8-22(9-11-23)29-17-25(18-38)26-16-24(12-13-27(26)42-29)31-20-40-34(43-31)28-6-4-14-39-28/h8-13,16-17,19-21,28,32-33,39H,4-7,14-15H2,1-3H3,(H,40,43)(H,41,44)(H,45,48). The minimum atomic E-state index is -0.689. The number of amides is 2. The molecule has 5 heterocycles. The number of hydrogen-bond donors (Lipinski definition) is 4. The first kappa shape index (κ1) is 32.0. The Hall–Kier alpha value is -5.54. The molecule has 2 aliphatic heterocycles. The van der Waals surface area contributed by atoms with Crippen molar-refractivity contribution in [2.75, 3.05) is 20.2 Å². The zero-order valence-corrected chi connectivity index (χ0v) is 27.8. The summed E-state index contributed by atoms with van der Waals surface area (Å²) < 4.78 is 4.75. The van der Waals surface area contributed by atoms with Crippen molar-refractivity contribution in [2.45, 2.75) is 57.7 Å². The van der Waals surface area contributed by atoms with E-state index in [9.17, 15) is 14.9 Å². The van der Waals surface area contributed by atoms with Gasteiger partial charge in [-0.3, -0.25) is 4.79 Å². The van der Waals surface area contributed by atoms with Gasteiger partial charge in [-0.1, -0.05) is 44.2 Å². The molecule has 3 atom stereocenters. The quantitative estimate of drug-likeness (QED) is 0.157. The summed E-state index contributed by atoms with van der Waals surface area (Å²) in [7, 11) is 1.29. The molecule has 2 saturated heterocycles. The Kier molecular flexibility index (Phi) is 8.84. The number of ether oxygens (including phenoxy) is 1. The van der Waals surface area contributed by atoms with Crippen LogP contribution in [0.3, 0.4) is 0 Å². The van der Waals surface area contributed by atoms with Crippen LogP contribution in [-0.2, 0) is 9.53 Å². The maximum absolute atomic E-state index is 13.5. The number of nitrogens with one attached hydrogen (secondary N) is 4. The van der Waals surface area contributed by atoms with Gasteiger partial charge in [-0.25, -0.2) is 19.7 Å². The predicted molar refractivity (Wildman–Crippen MR) is 185 cm³/mol. The molecule has 0 aliphatic carbocycles. The molecule has 2 amide bonds. The van der Waals surface area contributed by atoms with E-state index in [4.69, 9.17) is 9.72 Å². The zero-order valence-electron chi connectivity index (χ0n) is 27.8. The Morgan fingerprint density at radius 3 is 2.39 bits per heavy atom. The van der Waals surface area contributed by atoms with Crippen LogP contribution < -0.4 is 10.6 Å². The lowest BCUT2D eigenvalue weighted by Crippen LogP contribution is -2.51. The van der Waals surface area contributed by atoms with Gasteiger partial charge >= 0.3 is 6.09 Å². The molecule has 0 bridgehead atoms. The van der Waals surface area contributed by atoms with Crippen molar-refractivity contribution in [3.8, 4) is 39.8 Å². The molecule has 0 radical (unpaired) electrons. The minimum Gasteiger partial charge on any atom is -0.453 e. The first-order chi connectivity index (χ1) is 23.8. The number of methoxy groups -OCH3 is 1. The van der Waals surface area contributed by atoms with Gasteiger partial charge in [0.1, 0.15) is 17.7 Å². The van der Waals surface area contributed by atoms with E-state index < -0.39 is 12.1 Å². The lowest BCUT2D eigenvalue weighted by molar-refractivity contribution is -0.135. The van der Waals surface area contributed by atoms with Crippen LogP contribution in [0.5, 0.6) is 0 Å². The molecule has 12 nitrogen and oxygen atoms in total. The van der Waals surface area contributed by atoms with Gasteiger partial charge < -0.3 is 30.2 Å². The lowest BCUT2D eigenvalue weighted by Gasteiger charge is -2.30. The SMILES string of the molecule is COC(=O)NC(C(=O)N1CCCC1c1ncc(-c2ccc(-c3cc(C#N)c4cc(-c5cnc(C6CCCN6)[nH]5)ccc4n3)cc2)[nH]1)C(C)C. The van der Waals surface area contributed by atoms with Gasteiger partial charge in [-0.05, 0) is 61.9 Å². The topological polar surface area (TPSA) is 165 Å². The smallest absolute Gasteiger partial charge is 0.407 e. The molecule has 2 aromatic carbocycles. The van der Waals surface area contributed by atoms with Crippen molar-refractivity contribution in [1.82, 2.24) is 40.5 Å². The summed E-state index contributed by atoms with van der Waals surface area (Å²) in [4.78, 5) is 48.3. The highest BCUT2D eigenvalue weighted by molar-refractivity contribution is 5.91. The molecule has 0 spiro atoms. The van der Waals surface area contributed by atoms with Gasteiger partial charge in [0.15, 0.2) is 0 Å². The summed E-state index contributed by atoms with van der Waals surface area (Å²) in [6.07, 6.45) is 6.84. The number of carbonyl (C=O) groups excluding carboxylic acids is 2. The Morgan fingerprint density at radius 2 is 1.67 bits per heavy atom. The Balaban J connectivity index is 1.09. The van der Waals surface area contributed by atoms with Crippen LogP contribution in [0.2, 0.25) is 0 Å². The van der Waals surface area contributed by atoms with Gasteiger partial charge in [0.05, 0.1) is 65.8 Å². The molecule has 5 aromatic rings. The lowest BCUT2D eigenvalue weighted by atomic mass is 10.0. The van der Waals surface area contributed by atoms with E-state index >= 15 is 0 Å². The first-order valence-corrected chi connectivity index (χ1v) is 16.8. The number of likely N-dealkylation sites (tertiary alicyclic amines) is 1. The number of aromatic nitrogens is 5. The van der Waals surface area contributed by atoms with Crippen LogP contribution in [0.1, 0.15) is 68.8 Å². The maximum Gasteiger partial charge on any atom is 0.407 e. The Bertz CT molecular complexity index is 2040. The monoisotopic (exact) mass is 657 g/mol. The van der Waals surface area contributed by atoms with Gasteiger partial charge in [0.25, 0.3) is 0 Å². The number of H-pyrrole nitrogens is 2. The number of pyridine rings is 1. The average Bonchev–Trinajstić information content (AvgIpc) is 3.96. The molecule has 0 saturated carbocycles. The first-order valence-electron chi connectivity index (χ1n) is 16.8. The number of nitriles is 1. The summed E-state index contributed by atoms with van der Waals surface area (Å²) in [5.41, 5.74) is 6.54. The third-order valence-electron chi connectivity index (χ3n) is 9.56. The number of alkyl carbamates (subject to hydrolysis) is 1. The van der Waals surface area contributed by atoms with Crippen molar-refractivity contribution >= 4 is 22.9 Å². The van der Waals surface area contributed by atoms with Gasteiger partial charge in [0, 0.05) is 23.1 Å². The van der Waals surface area contributed by atoms with Gasteiger partial charge in [0.2, 0.25) is 5.91 Å². The van der Waals surface area contributed by atoms with Crippen LogP contribution in [0.25, 0.3) is 44.7 Å². The fourth-order valence-corrected chi connectivity index (χ4v) is 6.88. The van der Waals surface area contributed by atoms with Crippen molar-refractivity contribution in [1.29, 1.82) is 5.26 Å². The average molecular weight is 658 g/mol. The molecule has 2 aliphatic rings. The van der Waals surface area contributed by atoms with E-state index in [1.54, 1.807) is 11.1 Å². The van der Waals surface area contributed by atoms with Crippen molar-refractivity contribution in [2.24, 2.45) is 5.92 Å². The number of carbonyl (C=O) groups is 2. The number of imidazole rings is 2. The van der Waals surface area contributed by atoms with E-state index in [-0.39, 0.29) is 23.9 Å². The largest absolute Gasteiger partial charge is 0.453 e. The molecular weight excluding hydrogens is 618 g/mol. The fraction of sp³-hybridized carbons (Fsp3) is 0.351. The third kappa shape index (κ3) is 6.37. The predicted octanol–water partition coefficient (Wildman–Crippen LogP) is 6.02. The van der Waals surface area contributed by atoms with Crippen LogP contribution in [0, 0.1) is 17.2 Å². The number of nitrogens with zero attached hydrogens (tertiary/aromatic N) is 5. The molecule has 12 heteroatoms. The molecule has 7 rings (SSSR count). The molecule has 2 fully saturated rings. The van der Waals surface area contributed by atoms with E-state index in [1.807, 2.05) is 68.6 Å². The molecule has 250 valence electrons. The highest BCUT2D eigenvalue weighted by Crippen LogP contribution is 2.34. The number of fused-ring (bicyclic) bond motifs is 1. The van der Waals surface area contributed by atoms with Crippen molar-refractivity contribution in [3.05, 3.63) is 78.1 Å². The number of benzene rings is 2. The molecule has 49 heavy (non-hydrogen) atoms. The molecular formula is C37H39N9O3.